The van der Waals surface area contributed by atoms with Gasteiger partial charge in [0.25, 0.3) is 14.4 Å². The number of carbonyl (C=O) groups is 1. The van der Waals surface area contributed by atoms with Gasteiger partial charge in [-0.1, -0.05) is 37.3 Å². The van der Waals surface area contributed by atoms with Crippen molar-refractivity contribution in [2.45, 2.75) is 62.1 Å². The molecule has 2 N–H and O–H groups in total. The number of rotatable bonds is 6. The Morgan fingerprint density at radius 2 is 1.61 bits per heavy atom. The lowest BCUT2D eigenvalue weighted by Crippen LogP contribution is -2.48. The second-order valence-corrected chi connectivity index (χ2v) is 12.7. The van der Waals surface area contributed by atoms with Crippen molar-refractivity contribution in [1.82, 2.24) is 10.2 Å². The first kappa shape index (κ1) is 20.9. The lowest BCUT2D eigenvalue weighted by atomic mass is 9.48. The molecule has 1 heterocycles. The van der Waals surface area contributed by atoms with Crippen LogP contribution in [0.2, 0.25) is 0 Å². The third-order valence-electron chi connectivity index (χ3n) is 7.18. The Hall–Kier alpha value is -2.00. The summed E-state index contributed by atoms with van der Waals surface area (Å²) < 4.78 is 27.9. The molecule has 0 radical (unpaired) electrons. The zero-order valence-corrected chi connectivity index (χ0v) is 19.4. The third kappa shape index (κ3) is 3.98. The number of aromatic nitrogens is 2. The molecule has 1 amide bonds. The van der Waals surface area contributed by atoms with Crippen LogP contribution in [0.1, 0.15) is 57.9 Å². The fourth-order valence-electron chi connectivity index (χ4n) is 6.17. The van der Waals surface area contributed by atoms with Gasteiger partial charge in [0.2, 0.25) is 11.0 Å². The highest BCUT2D eigenvalue weighted by Gasteiger charge is 2.51. The molecule has 7 nitrogen and oxygen atoms in total. The highest BCUT2D eigenvalue weighted by atomic mass is 32.2. The molecule has 1 aromatic carbocycles. The molecule has 1 aromatic heterocycles. The summed E-state index contributed by atoms with van der Waals surface area (Å²) >= 11 is 0.842. The molecule has 2 aromatic rings. The van der Waals surface area contributed by atoms with E-state index in [1.165, 1.54) is 44.1 Å². The van der Waals surface area contributed by atoms with E-state index in [1.807, 2.05) is 12.1 Å². The van der Waals surface area contributed by atoms with Crippen molar-refractivity contribution < 1.29 is 13.2 Å². The number of amides is 1. The van der Waals surface area contributed by atoms with Gasteiger partial charge in [-0.05, 0) is 79.4 Å². The van der Waals surface area contributed by atoms with Gasteiger partial charge < -0.3 is 5.32 Å². The molecule has 4 saturated carbocycles. The molecule has 0 unspecified atom stereocenters. The van der Waals surface area contributed by atoms with E-state index in [1.54, 1.807) is 13.8 Å². The van der Waals surface area contributed by atoms with Crippen molar-refractivity contribution in [1.29, 1.82) is 0 Å². The summed E-state index contributed by atoms with van der Waals surface area (Å²) in [5, 5.41) is 10.3. The number of hydrogen-bond donors (Lipinski definition) is 2. The van der Waals surface area contributed by atoms with Crippen LogP contribution in [0.5, 0.6) is 0 Å². The molecular weight excluding hydrogens is 432 g/mol. The highest BCUT2D eigenvalue weighted by molar-refractivity contribution is 7.94. The van der Waals surface area contributed by atoms with E-state index < -0.39 is 10.0 Å². The minimum atomic E-state index is -3.86. The molecule has 9 heteroatoms. The van der Waals surface area contributed by atoms with Gasteiger partial charge in [-0.15, -0.1) is 10.2 Å². The summed E-state index contributed by atoms with van der Waals surface area (Å²) in [6.07, 6.45) is 8.04. The van der Waals surface area contributed by atoms with Crippen molar-refractivity contribution in [3.05, 3.63) is 29.8 Å². The van der Waals surface area contributed by atoms with Gasteiger partial charge in [0.15, 0.2) is 0 Å². The van der Waals surface area contributed by atoms with Crippen molar-refractivity contribution in [3.8, 4) is 0 Å². The van der Waals surface area contributed by atoms with Crippen molar-refractivity contribution >= 4 is 38.1 Å². The first-order chi connectivity index (χ1) is 14.7. The molecule has 4 bridgehead atoms. The number of carbonyl (C=O) groups excluding carboxylic acids is 1. The predicted octanol–water partition coefficient (Wildman–Crippen LogP) is 4.40. The quantitative estimate of drug-likeness (QED) is 0.622. The summed E-state index contributed by atoms with van der Waals surface area (Å²) in [6, 6.07) is 7.90. The molecule has 4 aliphatic carbocycles. The van der Waals surface area contributed by atoms with Gasteiger partial charge in [0, 0.05) is 11.6 Å². The number of benzene rings is 1. The molecule has 0 aliphatic heterocycles. The van der Waals surface area contributed by atoms with E-state index in [0.717, 1.165) is 29.1 Å². The smallest absolute Gasteiger partial charge is 0.291 e. The Kier molecular flexibility index (Phi) is 5.08. The fraction of sp³-hybridized carbons (Fsp3) is 0.591. The van der Waals surface area contributed by atoms with Gasteiger partial charge >= 0.3 is 0 Å². The van der Waals surface area contributed by atoms with Gasteiger partial charge in [-0.3, -0.25) is 9.52 Å². The Labute approximate surface area is 187 Å². The molecule has 4 fully saturated rings. The molecular formula is C22H28N4O3S2. The monoisotopic (exact) mass is 460 g/mol. The van der Waals surface area contributed by atoms with Gasteiger partial charge in [0.1, 0.15) is 0 Å². The summed E-state index contributed by atoms with van der Waals surface area (Å²) in [7, 11) is -3.86. The number of nitrogens with one attached hydrogen (secondary N) is 2. The van der Waals surface area contributed by atoms with Crippen LogP contribution in [0.4, 0.5) is 10.8 Å². The summed E-state index contributed by atoms with van der Waals surface area (Å²) in [5.41, 5.74) is 2.15. The maximum atomic E-state index is 12.7. The standard InChI is InChI=1S/C22H28N4O3S2/c1-13(2)19(27)23-20-24-25-21(30-20)31(28,29)26-18-5-3-17(4-6-18)22-10-14-7-15(11-22)9-16(8-14)12-22/h3-6,13-16,26H,7-12H2,1-2H3,(H,23,24,27). The van der Waals surface area contributed by atoms with E-state index in [4.69, 9.17) is 0 Å². The summed E-state index contributed by atoms with van der Waals surface area (Å²) in [4.78, 5) is 11.8. The normalized spacial score (nSPS) is 29.3. The minimum absolute atomic E-state index is 0.170. The van der Waals surface area contributed by atoms with Gasteiger partial charge in [-0.25, -0.2) is 0 Å². The van der Waals surface area contributed by atoms with Crippen LogP contribution in [-0.4, -0.2) is 24.5 Å². The largest absolute Gasteiger partial charge is 0.300 e. The van der Waals surface area contributed by atoms with E-state index in [9.17, 15) is 13.2 Å². The molecule has 31 heavy (non-hydrogen) atoms. The molecule has 4 aliphatic rings. The van der Waals surface area contributed by atoms with E-state index in [-0.39, 0.29) is 26.7 Å². The number of nitrogens with zero attached hydrogens (tertiary/aromatic N) is 2. The van der Waals surface area contributed by atoms with Crippen LogP contribution in [0.3, 0.4) is 0 Å². The molecule has 166 valence electrons. The van der Waals surface area contributed by atoms with Crippen LogP contribution in [-0.2, 0) is 20.2 Å². The van der Waals surface area contributed by atoms with Gasteiger partial charge in [-0.2, -0.15) is 8.42 Å². The fourth-order valence-corrected chi connectivity index (χ4v) is 8.14. The molecule has 6 rings (SSSR count). The summed E-state index contributed by atoms with van der Waals surface area (Å²) in [6.45, 7) is 3.51. The Bertz CT molecular complexity index is 1060. The Morgan fingerprint density at radius 1 is 1.03 bits per heavy atom. The van der Waals surface area contributed by atoms with Crippen molar-refractivity contribution in [3.63, 3.8) is 0 Å². The predicted molar refractivity (Wildman–Crippen MR) is 120 cm³/mol. The van der Waals surface area contributed by atoms with Crippen LogP contribution >= 0.6 is 11.3 Å². The van der Waals surface area contributed by atoms with Gasteiger partial charge in [0.05, 0.1) is 0 Å². The lowest BCUT2D eigenvalue weighted by Gasteiger charge is -2.57. The number of hydrogen-bond acceptors (Lipinski definition) is 6. The van der Waals surface area contributed by atoms with Crippen LogP contribution in [0.25, 0.3) is 0 Å². The van der Waals surface area contributed by atoms with Crippen molar-refractivity contribution in [2.24, 2.45) is 23.7 Å². The Morgan fingerprint density at radius 3 is 2.16 bits per heavy atom. The number of anilines is 2. The second kappa shape index (κ2) is 7.55. The second-order valence-electron chi connectivity index (χ2n) is 9.90. The minimum Gasteiger partial charge on any atom is -0.300 e. The van der Waals surface area contributed by atoms with Crippen molar-refractivity contribution in [2.75, 3.05) is 10.0 Å². The molecule has 0 atom stereocenters. The van der Waals surface area contributed by atoms with Crippen LogP contribution < -0.4 is 10.0 Å². The molecule has 0 saturated heterocycles. The average Bonchev–Trinajstić information content (AvgIpc) is 3.16. The molecule has 0 spiro atoms. The first-order valence-corrected chi connectivity index (χ1v) is 13.3. The zero-order valence-electron chi connectivity index (χ0n) is 17.8. The zero-order chi connectivity index (χ0) is 21.8. The lowest BCUT2D eigenvalue weighted by molar-refractivity contribution is -0.118. The first-order valence-electron chi connectivity index (χ1n) is 11.0. The number of sulfonamides is 1. The third-order valence-corrected chi connectivity index (χ3v) is 9.77. The van der Waals surface area contributed by atoms with E-state index >= 15 is 0 Å². The van der Waals surface area contributed by atoms with E-state index in [0.29, 0.717) is 5.69 Å². The maximum Gasteiger partial charge on any atom is 0.291 e. The van der Waals surface area contributed by atoms with Crippen LogP contribution in [0, 0.1) is 23.7 Å². The average molecular weight is 461 g/mol. The van der Waals surface area contributed by atoms with Crippen LogP contribution in [0.15, 0.2) is 28.6 Å². The van der Waals surface area contributed by atoms with E-state index in [2.05, 4.69) is 32.4 Å². The topological polar surface area (TPSA) is 101 Å². The maximum absolute atomic E-state index is 12.7. The highest BCUT2D eigenvalue weighted by Crippen LogP contribution is 2.60. The SMILES string of the molecule is CC(C)C(=O)Nc1nnc(S(=O)(=O)Nc2ccc(C34CC5CC(CC(C5)C3)C4)cc2)s1. The summed E-state index contributed by atoms with van der Waals surface area (Å²) in [5.74, 6) is 2.15. The Balaban J connectivity index is 1.30.